The van der Waals surface area contributed by atoms with Crippen molar-refractivity contribution in [3.8, 4) is 5.75 Å². The smallest absolute Gasteiger partial charge is 0.150 e. The van der Waals surface area contributed by atoms with E-state index in [0.717, 1.165) is 44.0 Å². The van der Waals surface area contributed by atoms with E-state index in [-0.39, 0.29) is 12.4 Å². The quantitative estimate of drug-likeness (QED) is 0.886. The number of nitrogens with zero attached hydrogens (tertiary/aromatic N) is 1. The molecule has 21 heavy (non-hydrogen) atoms. The largest absolute Gasteiger partial charge is 0.490 e. The van der Waals surface area contributed by atoms with Crippen molar-refractivity contribution in [2.75, 3.05) is 49.7 Å². The molecular weight excluding hydrogens is 288 g/mol. The summed E-state index contributed by atoms with van der Waals surface area (Å²) >= 11 is 0. The second-order valence-electron chi connectivity index (χ2n) is 5.54. The molecule has 0 saturated carbocycles. The zero-order valence-electron chi connectivity index (χ0n) is 12.8. The highest BCUT2D eigenvalue weighted by Crippen LogP contribution is 2.30. The molecule has 1 aliphatic rings. The molecule has 0 bridgehead atoms. The van der Waals surface area contributed by atoms with E-state index in [1.165, 1.54) is 11.8 Å². The van der Waals surface area contributed by atoms with Crippen LogP contribution in [-0.2, 0) is 9.84 Å². The summed E-state index contributed by atoms with van der Waals surface area (Å²) < 4.78 is 28.1. The van der Waals surface area contributed by atoms with E-state index in [2.05, 4.69) is 23.2 Å². The predicted octanol–water partition coefficient (Wildman–Crippen LogP) is 1.22. The molecule has 0 amide bonds. The second kappa shape index (κ2) is 7.13. The number of benzene rings is 1. The lowest BCUT2D eigenvalue weighted by Gasteiger charge is -2.25. The van der Waals surface area contributed by atoms with Crippen molar-refractivity contribution in [3.05, 3.63) is 23.8 Å². The number of hydrogen-bond acceptors (Lipinski definition) is 5. The van der Waals surface area contributed by atoms with Gasteiger partial charge in [0.1, 0.15) is 12.4 Å². The lowest BCUT2D eigenvalue weighted by molar-refractivity contribution is 0.341. The van der Waals surface area contributed by atoms with Gasteiger partial charge in [-0.3, -0.25) is 0 Å². The molecule has 0 aliphatic carbocycles. The molecule has 0 atom stereocenters. The van der Waals surface area contributed by atoms with Crippen molar-refractivity contribution in [2.24, 2.45) is 0 Å². The number of aryl methyl sites for hydroxylation is 1. The minimum Gasteiger partial charge on any atom is -0.490 e. The Morgan fingerprint density at radius 3 is 2.86 bits per heavy atom. The van der Waals surface area contributed by atoms with Gasteiger partial charge in [0.15, 0.2) is 9.84 Å². The normalized spacial score (nSPS) is 16.6. The van der Waals surface area contributed by atoms with E-state index in [1.54, 1.807) is 0 Å². The third-order valence-electron chi connectivity index (χ3n) is 3.51. The molecule has 0 spiro atoms. The molecule has 0 radical (unpaired) electrons. The van der Waals surface area contributed by atoms with Crippen LogP contribution >= 0.6 is 0 Å². The Morgan fingerprint density at radius 2 is 2.10 bits per heavy atom. The Morgan fingerprint density at radius 1 is 1.29 bits per heavy atom. The standard InChI is InChI=1S/C15H24N2O3S/c1-13-4-5-15(20-10-11-21(2,18)19)14(12-13)17-8-3-6-16-7-9-17/h4-5,12,16H,3,6-11H2,1-2H3. The molecule has 5 nitrogen and oxygen atoms in total. The summed E-state index contributed by atoms with van der Waals surface area (Å²) in [5.41, 5.74) is 2.24. The number of ether oxygens (including phenoxy) is 1. The predicted molar refractivity (Wildman–Crippen MR) is 86.1 cm³/mol. The topological polar surface area (TPSA) is 58.6 Å². The first-order valence-electron chi connectivity index (χ1n) is 7.32. The molecule has 1 saturated heterocycles. The van der Waals surface area contributed by atoms with Gasteiger partial charge in [-0.05, 0) is 37.6 Å². The summed E-state index contributed by atoms with van der Waals surface area (Å²) in [5.74, 6) is 0.813. The highest BCUT2D eigenvalue weighted by molar-refractivity contribution is 7.90. The van der Waals surface area contributed by atoms with Crippen LogP contribution in [0.5, 0.6) is 5.75 Å². The molecule has 0 aromatic heterocycles. The van der Waals surface area contributed by atoms with Crippen LogP contribution in [0.1, 0.15) is 12.0 Å². The van der Waals surface area contributed by atoms with Gasteiger partial charge in [0.2, 0.25) is 0 Å². The van der Waals surface area contributed by atoms with Crippen molar-refractivity contribution < 1.29 is 13.2 Å². The first kappa shape index (κ1) is 16.1. The molecule has 1 fully saturated rings. The van der Waals surface area contributed by atoms with Crippen molar-refractivity contribution in [1.29, 1.82) is 0 Å². The van der Waals surface area contributed by atoms with E-state index in [1.807, 2.05) is 12.1 Å². The Labute approximate surface area is 127 Å². The van der Waals surface area contributed by atoms with E-state index in [0.29, 0.717) is 0 Å². The number of hydrogen-bond donors (Lipinski definition) is 1. The fraction of sp³-hybridized carbons (Fsp3) is 0.600. The Bertz CT molecular complexity index is 564. The summed E-state index contributed by atoms with van der Waals surface area (Å²) in [5, 5.41) is 3.38. The molecule has 1 N–H and O–H groups in total. The number of rotatable bonds is 5. The van der Waals surface area contributed by atoms with Crippen LogP contribution in [0.3, 0.4) is 0 Å². The average molecular weight is 312 g/mol. The van der Waals surface area contributed by atoms with Gasteiger partial charge in [0, 0.05) is 25.9 Å². The van der Waals surface area contributed by atoms with Crippen molar-refractivity contribution >= 4 is 15.5 Å². The summed E-state index contributed by atoms with van der Waals surface area (Å²) in [6.45, 7) is 6.16. The third kappa shape index (κ3) is 5.21. The monoisotopic (exact) mass is 312 g/mol. The van der Waals surface area contributed by atoms with Gasteiger partial charge >= 0.3 is 0 Å². The highest BCUT2D eigenvalue weighted by atomic mass is 32.2. The Kier molecular flexibility index (Phi) is 5.47. The van der Waals surface area contributed by atoms with Gasteiger partial charge in [-0.2, -0.15) is 0 Å². The van der Waals surface area contributed by atoms with Gasteiger partial charge < -0.3 is 15.0 Å². The summed E-state index contributed by atoms with van der Waals surface area (Å²) in [7, 11) is -2.99. The van der Waals surface area contributed by atoms with E-state index < -0.39 is 9.84 Å². The molecule has 1 aliphatic heterocycles. The van der Waals surface area contributed by atoms with Crippen molar-refractivity contribution in [2.45, 2.75) is 13.3 Å². The maximum Gasteiger partial charge on any atom is 0.150 e. The Balaban J connectivity index is 2.12. The van der Waals surface area contributed by atoms with Crippen LogP contribution in [0.25, 0.3) is 0 Å². The van der Waals surface area contributed by atoms with E-state index >= 15 is 0 Å². The molecule has 1 aromatic carbocycles. The van der Waals surface area contributed by atoms with E-state index in [4.69, 9.17) is 4.74 Å². The maximum atomic E-state index is 11.2. The van der Waals surface area contributed by atoms with Crippen LogP contribution < -0.4 is 15.0 Å². The number of sulfone groups is 1. The first-order chi connectivity index (χ1) is 9.96. The molecule has 6 heteroatoms. The summed E-state index contributed by atoms with van der Waals surface area (Å²) in [6.07, 6.45) is 2.32. The van der Waals surface area contributed by atoms with Crippen LogP contribution in [0.4, 0.5) is 5.69 Å². The molecule has 2 rings (SSSR count). The molecule has 0 unspecified atom stereocenters. The third-order valence-corrected chi connectivity index (χ3v) is 4.42. The number of anilines is 1. The first-order valence-corrected chi connectivity index (χ1v) is 9.38. The lowest BCUT2D eigenvalue weighted by Crippen LogP contribution is -2.28. The minimum absolute atomic E-state index is 0.0435. The molecule has 1 heterocycles. The van der Waals surface area contributed by atoms with Gasteiger partial charge in [-0.25, -0.2) is 8.42 Å². The van der Waals surface area contributed by atoms with Gasteiger partial charge in [-0.15, -0.1) is 0 Å². The van der Waals surface area contributed by atoms with Crippen LogP contribution in [0, 0.1) is 6.92 Å². The van der Waals surface area contributed by atoms with Crippen LogP contribution in [0.15, 0.2) is 18.2 Å². The van der Waals surface area contributed by atoms with Gasteiger partial charge in [0.05, 0.1) is 11.4 Å². The van der Waals surface area contributed by atoms with Crippen molar-refractivity contribution in [1.82, 2.24) is 5.32 Å². The molecule has 118 valence electrons. The van der Waals surface area contributed by atoms with Gasteiger partial charge in [-0.1, -0.05) is 6.07 Å². The van der Waals surface area contributed by atoms with Crippen LogP contribution in [0.2, 0.25) is 0 Å². The molecule has 1 aromatic rings. The fourth-order valence-corrected chi connectivity index (χ4v) is 2.77. The van der Waals surface area contributed by atoms with Gasteiger partial charge in [0.25, 0.3) is 0 Å². The second-order valence-corrected chi connectivity index (χ2v) is 7.80. The molecular formula is C15H24N2O3S. The summed E-state index contributed by atoms with van der Waals surface area (Å²) in [6, 6.07) is 6.04. The lowest BCUT2D eigenvalue weighted by atomic mass is 10.2. The fourth-order valence-electron chi connectivity index (χ4n) is 2.39. The number of nitrogens with one attached hydrogen (secondary N) is 1. The summed E-state index contributed by atoms with van der Waals surface area (Å²) in [4.78, 5) is 2.31. The maximum absolute atomic E-state index is 11.2. The zero-order valence-corrected chi connectivity index (χ0v) is 13.6. The Hall–Kier alpha value is -1.27. The van der Waals surface area contributed by atoms with E-state index in [9.17, 15) is 8.42 Å². The minimum atomic E-state index is -2.99. The SMILES string of the molecule is Cc1ccc(OCCS(C)(=O)=O)c(N2CCCNCC2)c1. The highest BCUT2D eigenvalue weighted by Gasteiger charge is 2.15. The van der Waals surface area contributed by atoms with Crippen molar-refractivity contribution in [3.63, 3.8) is 0 Å². The average Bonchev–Trinajstić information content (AvgIpc) is 2.68. The zero-order chi connectivity index (χ0) is 15.3. The van der Waals surface area contributed by atoms with Crippen LogP contribution in [-0.4, -0.2) is 53.2 Å².